The maximum Gasteiger partial charge on any atom is 0.243 e. The van der Waals surface area contributed by atoms with Crippen molar-refractivity contribution in [3.05, 3.63) is 35.4 Å². The number of amides is 1. The lowest BCUT2D eigenvalue weighted by atomic mass is 10.0. The van der Waals surface area contributed by atoms with Crippen molar-refractivity contribution in [3.8, 4) is 0 Å². The van der Waals surface area contributed by atoms with Gasteiger partial charge in [-0.25, -0.2) is 4.99 Å². The second-order valence-corrected chi connectivity index (χ2v) is 5.96. The van der Waals surface area contributed by atoms with Crippen molar-refractivity contribution in [3.63, 3.8) is 0 Å². The standard InChI is InChI=1S/C18H30N4O.HI/c1-6-7-12-19-18(20-13-17(23)22(4)5)21-15(3)16-11-9-8-10-14(16)2;/h8-11,15H,6-7,12-13H2,1-5H3,(H2,19,20,21);1H. The van der Waals surface area contributed by atoms with Crippen molar-refractivity contribution in [2.24, 2.45) is 4.99 Å². The third-order valence-corrected chi connectivity index (χ3v) is 3.70. The number of likely N-dealkylation sites (N-methyl/N-ethyl adjacent to an activating group) is 1. The molecule has 0 aromatic heterocycles. The summed E-state index contributed by atoms with van der Waals surface area (Å²) in [6.07, 6.45) is 2.19. The van der Waals surface area contributed by atoms with Gasteiger partial charge in [-0.3, -0.25) is 4.79 Å². The summed E-state index contributed by atoms with van der Waals surface area (Å²) in [5.74, 6) is 0.675. The number of nitrogens with zero attached hydrogens (tertiary/aromatic N) is 2. The Morgan fingerprint density at radius 3 is 2.54 bits per heavy atom. The van der Waals surface area contributed by atoms with Crippen LogP contribution in [-0.2, 0) is 4.79 Å². The van der Waals surface area contributed by atoms with Crippen molar-refractivity contribution < 1.29 is 4.79 Å². The molecule has 0 radical (unpaired) electrons. The first-order valence-corrected chi connectivity index (χ1v) is 8.26. The van der Waals surface area contributed by atoms with Crippen molar-refractivity contribution >= 4 is 35.8 Å². The number of aliphatic imine (C=N–C) groups is 1. The highest BCUT2D eigenvalue weighted by Crippen LogP contribution is 2.16. The number of hydrogen-bond acceptors (Lipinski definition) is 2. The maximum absolute atomic E-state index is 11.8. The summed E-state index contributed by atoms with van der Waals surface area (Å²) in [7, 11) is 3.48. The average Bonchev–Trinajstić information content (AvgIpc) is 2.52. The molecule has 0 bridgehead atoms. The van der Waals surface area contributed by atoms with Gasteiger partial charge in [0, 0.05) is 20.6 Å². The Kier molecular flexibility index (Phi) is 11.4. The molecule has 0 aliphatic carbocycles. The topological polar surface area (TPSA) is 56.7 Å². The van der Waals surface area contributed by atoms with E-state index in [0.29, 0.717) is 5.96 Å². The quantitative estimate of drug-likeness (QED) is 0.293. The molecule has 0 spiro atoms. The predicted octanol–water partition coefficient (Wildman–Crippen LogP) is 3.10. The average molecular weight is 446 g/mol. The van der Waals surface area contributed by atoms with Crippen LogP contribution in [0.1, 0.15) is 43.9 Å². The number of halogens is 1. The highest BCUT2D eigenvalue weighted by molar-refractivity contribution is 14.0. The van der Waals surface area contributed by atoms with E-state index >= 15 is 0 Å². The maximum atomic E-state index is 11.8. The van der Waals surface area contributed by atoms with Crippen LogP contribution in [-0.4, -0.2) is 44.0 Å². The molecule has 2 N–H and O–H groups in total. The Labute approximate surface area is 163 Å². The minimum atomic E-state index is -0.00913. The van der Waals surface area contributed by atoms with Crippen LogP contribution in [0.5, 0.6) is 0 Å². The van der Waals surface area contributed by atoms with Crippen LogP contribution in [0.4, 0.5) is 0 Å². The van der Waals surface area contributed by atoms with Crippen LogP contribution in [0.3, 0.4) is 0 Å². The van der Waals surface area contributed by atoms with E-state index in [2.05, 4.69) is 48.5 Å². The number of hydrogen-bond donors (Lipinski definition) is 2. The van der Waals surface area contributed by atoms with Crippen LogP contribution in [0.25, 0.3) is 0 Å². The molecular weight excluding hydrogens is 415 g/mol. The zero-order chi connectivity index (χ0) is 17.2. The normalized spacial score (nSPS) is 12.1. The fourth-order valence-corrected chi connectivity index (χ4v) is 2.18. The molecule has 24 heavy (non-hydrogen) atoms. The molecule has 0 saturated carbocycles. The van der Waals surface area contributed by atoms with E-state index in [1.165, 1.54) is 11.1 Å². The molecular formula is C18H31IN4O. The highest BCUT2D eigenvalue weighted by Gasteiger charge is 2.11. The van der Waals surface area contributed by atoms with E-state index < -0.39 is 0 Å². The molecule has 1 rings (SSSR count). The molecule has 0 heterocycles. The molecule has 0 fully saturated rings. The third-order valence-electron chi connectivity index (χ3n) is 3.70. The summed E-state index contributed by atoms with van der Waals surface area (Å²) >= 11 is 0. The van der Waals surface area contributed by atoms with Crippen LogP contribution in [0.15, 0.2) is 29.3 Å². The first-order chi connectivity index (χ1) is 11.0. The second kappa shape index (κ2) is 12.1. The molecule has 1 amide bonds. The first kappa shape index (κ1) is 22.7. The number of rotatable bonds is 7. The molecule has 1 aromatic rings. The van der Waals surface area contributed by atoms with Crippen LogP contribution >= 0.6 is 24.0 Å². The van der Waals surface area contributed by atoms with E-state index in [-0.39, 0.29) is 42.5 Å². The number of unbranched alkanes of at least 4 members (excludes halogenated alkanes) is 1. The zero-order valence-electron chi connectivity index (χ0n) is 15.4. The molecule has 1 aromatic carbocycles. The van der Waals surface area contributed by atoms with E-state index in [1.54, 1.807) is 19.0 Å². The molecule has 5 nitrogen and oxygen atoms in total. The van der Waals surface area contributed by atoms with Gasteiger partial charge in [-0.05, 0) is 31.4 Å². The van der Waals surface area contributed by atoms with E-state index in [9.17, 15) is 4.79 Å². The summed E-state index contributed by atoms with van der Waals surface area (Å²) < 4.78 is 0. The molecule has 6 heteroatoms. The van der Waals surface area contributed by atoms with Crippen LogP contribution in [0.2, 0.25) is 0 Å². The molecule has 0 saturated heterocycles. The lowest BCUT2D eigenvalue weighted by Gasteiger charge is -2.20. The predicted molar refractivity (Wildman–Crippen MR) is 112 cm³/mol. The monoisotopic (exact) mass is 446 g/mol. The Morgan fingerprint density at radius 2 is 1.96 bits per heavy atom. The van der Waals surface area contributed by atoms with Crippen molar-refractivity contribution in [1.82, 2.24) is 15.5 Å². The number of carbonyl (C=O) groups is 1. The number of benzene rings is 1. The second-order valence-electron chi connectivity index (χ2n) is 5.96. The van der Waals surface area contributed by atoms with Gasteiger partial charge in [-0.1, -0.05) is 37.6 Å². The third kappa shape index (κ3) is 7.99. The van der Waals surface area contributed by atoms with Crippen molar-refractivity contribution in [2.75, 3.05) is 27.2 Å². The van der Waals surface area contributed by atoms with Gasteiger partial charge in [0.15, 0.2) is 5.96 Å². The fraction of sp³-hybridized carbons (Fsp3) is 0.556. The summed E-state index contributed by atoms with van der Waals surface area (Å²) in [5, 5.41) is 6.70. The Morgan fingerprint density at radius 1 is 1.29 bits per heavy atom. The summed E-state index contributed by atoms with van der Waals surface area (Å²) in [6, 6.07) is 8.41. The fourth-order valence-electron chi connectivity index (χ4n) is 2.18. The summed E-state index contributed by atoms with van der Waals surface area (Å²) in [6.45, 7) is 7.35. The van der Waals surface area contributed by atoms with Gasteiger partial charge in [0.05, 0.1) is 6.04 Å². The Hall–Kier alpha value is -1.31. The first-order valence-electron chi connectivity index (χ1n) is 8.26. The van der Waals surface area contributed by atoms with Crippen LogP contribution < -0.4 is 10.6 Å². The minimum Gasteiger partial charge on any atom is -0.356 e. The van der Waals surface area contributed by atoms with E-state index in [1.807, 2.05) is 12.1 Å². The van der Waals surface area contributed by atoms with E-state index in [0.717, 1.165) is 19.4 Å². The molecule has 1 unspecified atom stereocenters. The van der Waals surface area contributed by atoms with Gasteiger partial charge >= 0.3 is 0 Å². The largest absolute Gasteiger partial charge is 0.356 e. The van der Waals surface area contributed by atoms with Gasteiger partial charge in [0.2, 0.25) is 5.91 Å². The van der Waals surface area contributed by atoms with Crippen molar-refractivity contribution in [1.29, 1.82) is 0 Å². The molecule has 136 valence electrons. The number of nitrogens with one attached hydrogen (secondary N) is 2. The van der Waals surface area contributed by atoms with Gasteiger partial charge in [0.25, 0.3) is 0 Å². The van der Waals surface area contributed by atoms with Crippen LogP contribution in [0, 0.1) is 6.92 Å². The van der Waals surface area contributed by atoms with E-state index in [4.69, 9.17) is 0 Å². The van der Waals surface area contributed by atoms with Gasteiger partial charge in [-0.2, -0.15) is 0 Å². The highest BCUT2D eigenvalue weighted by atomic mass is 127. The zero-order valence-corrected chi connectivity index (χ0v) is 17.8. The number of guanidine groups is 1. The molecule has 0 aliphatic rings. The SMILES string of the molecule is CCCCNC(=NCC(=O)N(C)C)NC(C)c1ccccc1C.I. The number of aryl methyl sites for hydroxylation is 1. The van der Waals surface area contributed by atoms with Gasteiger partial charge < -0.3 is 15.5 Å². The smallest absolute Gasteiger partial charge is 0.243 e. The molecule has 1 atom stereocenters. The lowest BCUT2D eigenvalue weighted by molar-refractivity contribution is -0.127. The van der Waals surface area contributed by atoms with Crippen molar-refractivity contribution in [2.45, 2.75) is 39.7 Å². The Balaban J connectivity index is 0.00000529. The Bertz CT molecular complexity index is 532. The molecule has 0 aliphatic heterocycles. The minimum absolute atomic E-state index is 0. The van der Waals surface area contributed by atoms with Gasteiger partial charge in [-0.15, -0.1) is 24.0 Å². The van der Waals surface area contributed by atoms with Gasteiger partial charge in [0.1, 0.15) is 6.54 Å². The summed E-state index contributed by atoms with van der Waals surface area (Å²) in [4.78, 5) is 17.7. The lowest BCUT2D eigenvalue weighted by Crippen LogP contribution is -2.40. The number of carbonyl (C=O) groups excluding carboxylic acids is 1. The summed E-state index contributed by atoms with van der Waals surface area (Å²) in [5.41, 5.74) is 2.47.